The number of unbranched alkanes of at least 4 members (excludes halogenated alkanes) is 58. The summed E-state index contributed by atoms with van der Waals surface area (Å²) in [5.41, 5.74) is 0. The summed E-state index contributed by atoms with van der Waals surface area (Å²) in [6, 6.07) is 0. The van der Waals surface area contributed by atoms with Crippen LogP contribution in [0.1, 0.15) is 505 Å². The van der Waals surface area contributed by atoms with Crippen molar-refractivity contribution in [3.63, 3.8) is 0 Å². The predicted octanol–water partition coefficient (Wildman–Crippen LogP) is 32.6. The van der Waals surface area contributed by atoms with Gasteiger partial charge in [0.15, 0.2) is 0 Å². The lowest BCUT2D eigenvalue weighted by molar-refractivity contribution is 0.497. The number of hydrogen-bond acceptors (Lipinski definition) is 1. The summed E-state index contributed by atoms with van der Waals surface area (Å²) in [7, 11) is -2.42. The molecular weight excluding hydrogens is 1090 g/mol. The van der Waals surface area contributed by atoms with Crippen molar-refractivity contribution in [2.75, 3.05) is 23.0 Å². The molecule has 0 bridgehead atoms. The molecule has 87 heavy (non-hydrogen) atoms. The molecule has 0 aliphatic heterocycles. The normalized spacial score (nSPS) is 13.3. The molecule has 0 aliphatic rings. The van der Waals surface area contributed by atoms with E-state index >= 15 is 0 Å². The molecule has 0 aliphatic carbocycles. The summed E-state index contributed by atoms with van der Waals surface area (Å²) in [6.45, 7) is 19.6. The fourth-order valence-corrected chi connectivity index (χ4v) is 26.3. The molecule has 0 fully saturated rings. The Kier molecular flexibility index (Phi) is 73.0. The molecule has 2 atom stereocenters. The summed E-state index contributed by atoms with van der Waals surface area (Å²) in [4.78, 5) is 0. The first-order valence-corrected chi connectivity index (χ1v) is 46.2. The van der Waals surface area contributed by atoms with Crippen LogP contribution in [-0.2, 0) is 3.63 Å². The fourth-order valence-electron chi connectivity index (χ4n) is 15.2. The van der Waals surface area contributed by atoms with Crippen molar-refractivity contribution < 1.29 is 3.63 Å². The van der Waals surface area contributed by atoms with Crippen molar-refractivity contribution >= 4 is 20.6 Å². The minimum Gasteiger partial charge on any atom is -0.290 e. The molecule has 0 radical (unpaired) electrons. The van der Waals surface area contributed by atoms with Crippen molar-refractivity contribution in [2.45, 2.75) is 515 Å². The van der Waals surface area contributed by atoms with E-state index in [1.54, 1.807) is 0 Å². The second kappa shape index (κ2) is 72.5. The minimum absolute atomic E-state index is 0.814. The summed E-state index contributed by atoms with van der Waals surface area (Å²) < 4.78 is 8.79. The third-order valence-electron chi connectivity index (χ3n) is 20.7. The van der Waals surface area contributed by atoms with Gasteiger partial charge in [-0.25, -0.2) is 0 Å². The molecule has 0 aromatic heterocycles. The highest BCUT2D eigenvalue weighted by Gasteiger charge is 2.42. The predicted molar refractivity (Wildman–Crippen MR) is 412 cm³/mol. The van der Waals surface area contributed by atoms with Crippen molar-refractivity contribution in [3.8, 4) is 0 Å². The maximum Gasteiger partial charge on any atom is 0.0115 e. The van der Waals surface area contributed by atoms with Crippen LogP contribution in [0.15, 0.2) is 0 Å². The van der Waals surface area contributed by atoms with Crippen LogP contribution >= 0.6 is 20.6 Å². The van der Waals surface area contributed by atoms with E-state index in [0.29, 0.717) is 0 Å². The van der Waals surface area contributed by atoms with Crippen molar-refractivity contribution in [3.05, 3.63) is 0 Å². The largest absolute Gasteiger partial charge is 0.290 e. The third-order valence-corrected chi connectivity index (χ3v) is 30.6. The Bertz CT molecular complexity index is 1130. The molecule has 0 aromatic rings. The van der Waals surface area contributed by atoms with Crippen molar-refractivity contribution in [1.29, 1.82) is 0 Å². The molecule has 2 unspecified atom stereocenters. The standard InChI is InChI=1S/C84H174OS2/c1-9-17-21-25-29-33-37-41-45-49-53-57-61-65-69-73-77-83(75-71-67-63-59-55-51-47-43-39-35-31-27-23-19-11-3)86(79-13-5,80-14-6)85-87(81-15-7,82-16-8)84(76-72-68-64-60-56-52-48-44-40-36-32-28-24-20-12-4)78-74-70-66-62-58-54-50-46-42-38-34-30-26-22-18-10-2/h83-84H,9-82H2,1-8H3. The minimum atomic E-state index is -1.21. The Hall–Kier alpha value is 0.660. The Labute approximate surface area is 559 Å². The topological polar surface area (TPSA) is 9.23 Å². The Morgan fingerprint density at radius 3 is 0.379 bits per heavy atom. The lowest BCUT2D eigenvalue weighted by atomic mass is 10.0. The van der Waals surface area contributed by atoms with Crippen LogP contribution in [0.5, 0.6) is 0 Å². The zero-order valence-corrected chi connectivity index (χ0v) is 64.3. The molecule has 0 spiro atoms. The van der Waals surface area contributed by atoms with Crippen LogP contribution in [-0.4, -0.2) is 33.5 Å². The molecule has 0 amide bonds. The van der Waals surface area contributed by atoms with Gasteiger partial charge in [0, 0.05) is 33.5 Å². The maximum atomic E-state index is 8.79. The SMILES string of the molecule is CCCCCCCCCCCCCCCCCCC(CCCCCCCCCCCCCCCCC)S(CCC)(CCC)OS(CCC)(CCC)C(CCCCCCCCCCCCCCCCC)CCCCCCCCCCCCCCCCCC. The zero-order valence-electron chi connectivity index (χ0n) is 62.7. The molecule has 0 N–H and O–H groups in total. The fraction of sp³-hybridized carbons (Fsp3) is 1.00. The molecule has 528 valence electrons. The monoisotopic (exact) mass is 1260 g/mol. The van der Waals surface area contributed by atoms with Gasteiger partial charge in [0.2, 0.25) is 0 Å². The van der Waals surface area contributed by atoms with E-state index in [2.05, 4.69) is 55.4 Å². The highest BCUT2D eigenvalue weighted by atomic mass is 32.3. The van der Waals surface area contributed by atoms with Crippen LogP contribution in [0, 0.1) is 0 Å². The van der Waals surface area contributed by atoms with Crippen molar-refractivity contribution in [2.24, 2.45) is 0 Å². The number of hydrogen-bond donors (Lipinski definition) is 0. The Morgan fingerprint density at radius 2 is 0.264 bits per heavy atom. The molecule has 0 saturated heterocycles. The third kappa shape index (κ3) is 56.7. The first-order valence-electron chi connectivity index (χ1n) is 42.2. The molecular formula is C84H174OS2. The Balaban J connectivity index is 6.10. The lowest BCUT2D eigenvalue weighted by Gasteiger charge is -2.57. The van der Waals surface area contributed by atoms with Gasteiger partial charge in [-0.05, 0) is 51.4 Å². The van der Waals surface area contributed by atoms with Gasteiger partial charge in [0.05, 0.1) is 0 Å². The van der Waals surface area contributed by atoms with Gasteiger partial charge in [-0.2, -0.15) is 0 Å². The summed E-state index contributed by atoms with van der Waals surface area (Å²) >= 11 is 0. The molecule has 0 aromatic carbocycles. The van der Waals surface area contributed by atoms with Gasteiger partial charge in [-0.1, -0.05) is 453 Å². The van der Waals surface area contributed by atoms with E-state index in [1.807, 2.05) is 0 Å². The van der Waals surface area contributed by atoms with E-state index in [-0.39, 0.29) is 0 Å². The van der Waals surface area contributed by atoms with Gasteiger partial charge in [-0.15, -0.1) is 20.6 Å². The Morgan fingerprint density at radius 1 is 0.149 bits per heavy atom. The summed E-state index contributed by atoms with van der Waals surface area (Å²) in [5.74, 6) is 5.54. The van der Waals surface area contributed by atoms with Crippen LogP contribution < -0.4 is 0 Å². The maximum absolute atomic E-state index is 8.79. The second-order valence-corrected chi connectivity index (χ2v) is 36.5. The lowest BCUT2D eigenvalue weighted by Crippen LogP contribution is -2.34. The zero-order chi connectivity index (χ0) is 63.2. The molecule has 0 heterocycles. The smallest absolute Gasteiger partial charge is 0.0115 e. The van der Waals surface area contributed by atoms with Gasteiger partial charge in [0.25, 0.3) is 0 Å². The van der Waals surface area contributed by atoms with E-state index in [1.165, 1.54) is 472 Å². The molecule has 3 heteroatoms. The highest BCUT2D eigenvalue weighted by molar-refractivity contribution is 8.42. The first-order chi connectivity index (χ1) is 43.0. The molecule has 0 saturated carbocycles. The van der Waals surface area contributed by atoms with Crippen LogP contribution in [0.25, 0.3) is 0 Å². The molecule has 1 nitrogen and oxygen atoms in total. The van der Waals surface area contributed by atoms with Crippen LogP contribution in [0.2, 0.25) is 0 Å². The molecule has 0 rings (SSSR count). The average molecular weight is 1260 g/mol. The van der Waals surface area contributed by atoms with Crippen LogP contribution in [0.4, 0.5) is 0 Å². The van der Waals surface area contributed by atoms with Gasteiger partial charge < -0.3 is 0 Å². The highest BCUT2D eigenvalue weighted by Crippen LogP contribution is 2.72. The van der Waals surface area contributed by atoms with Gasteiger partial charge in [0.1, 0.15) is 0 Å². The van der Waals surface area contributed by atoms with Crippen molar-refractivity contribution in [1.82, 2.24) is 0 Å². The average Bonchev–Trinajstić information content (AvgIpc) is 1.45. The van der Waals surface area contributed by atoms with E-state index in [9.17, 15) is 0 Å². The van der Waals surface area contributed by atoms with Gasteiger partial charge >= 0.3 is 0 Å². The number of rotatable bonds is 78. The van der Waals surface area contributed by atoms with Crippen LogP contribution in [0.3, 0.4) is 0 Å². The van der Waals surface area contributed by atoms with Gasteiger partial charge in [-0.3, -0.25) is 3.63 Å². The van der Waals surface area contributed by atoms with E-state index in [0.717, 1.165) is 10.5 Å². The summed E-state index contributed by atoms with van der Waals surface area (Å²) in [6.07, 6.45) is 102. The second-order valence-electron chi connectivity index (χ2n) is 29.5. The van der Waals surface area contributed by atoms with E-state index in [4.69, 9.17) is 3.63 Å². The first kappa shape index (κ1) is 87.7. The summed E-state index contributed by atoms with van der Waals surface area (Å²) in [5, 5.41) is 1.63. The van der Waals surface area contributed by atoms with E-state index < -0.39 is 20.6 Å². The quantitative estimate of drug-likeness (QED) is 0.0552.